The smallest absolute Gasteiger partial charge is 0.0731 e. The van der Waals surface area contributed by atoms with E-state index in [2.05, 4.69) is 33.0 Å². The standard InChI is InChI=1S/C19H37NO/c1-5-20-17-10-8-6-7-9-11-18(17)21-16-12-15(2)13-19(3,4)14-16/h15-18,20H,5-14H2,1-4H3. The van der Waals surface area contributed by atoms with E-state index in [9.17, 15) is 0 Å². The van der Waals surface area contributed by atoms with Gasteiger partial charge in [-0.1, -0.05) is 53.4 Å². The van der Waals surface area contributed by atoms with Gasteiger partial charge >= 0.3 is 0 Å². The normalized spacial score (nSPS) is 37.7. The second kappa shape index (κ2) is 7.97. The fraction of sp³-hybridized carbons (Fsp3) is 1.00. The Bertz CT molecular complexity index is 302. The van der Waals surface area contributed by atoms with Crippen molar-refractivity contribution in [1.29, 1.82) is 0 Å². The molecule has 0 bridgehead atoms. The zero-order chi connectivity index (χ0) is 15.3. The van der Waals surface area contributed by atoms with E-state index in [1.807, 2.05) is 0 Å². The topological polar surface area (TPSA) is 21.3 Å². The third kappa shape index (κ3) is 5.56. The Kier molecular flexibility index (Phi) is 6.55. The van der Waals surface area contributed by atoms with Crippen molar-refractivity contribution in [2.24, 2.45) is 11.3 Å². The van der Waals surface area contributed by atoms with Crippen LogP contribution in [0.4, 0.5) is 0 Å². The molecular weight excluding hydrogens is 258 g/mol. The molecule has 0 radical (unpaired) electrons. The lowest BCUT2D eigenvalue weighted by Crippen LogP contribution is -2.45. The van der Waals surface area contributed by atoms with E-state index >= 15 is 0 Å². The average Bonchev–Trinajstić information content (AvgIpc) is 2.34. The summed E-state index contributed by atoms with van der Waals surface area (Å²) < 4.78 is 6.68. The summed E-state index contributed by atoms with van der Waals surface area (Å²) in [6, 6.07) is 0.579. The molecule has 0 aromatic carbocycles. The van der Waals surface area contributed by atoms with Crippen molar-refractivity contribution in [1.82, 2.24) is 5.32 Å². The highest BCUT2D eigenvalue weighted by Crippen LogP contribution is 2.40. The maximum absolute atomic E-state index is 6.68. The molecule has 2 aliphatic rings. The summed E-state index contributed by atoms with van der Waals surface area (Å²) in [5, 5.41) is 3.70. The molecule has 0 aliphatic heterocycles. The average molecular weight is 296 g/mol. The van der Waals surface area contributed by atoms with E-state index in [1.54, 1.807) is 0 Å². The van der Waals surface area contributed by atoms with Crippen LogP contribution in [-0.4, -0.2) is 24.8 Å². The summed E-state index contributed by atoms with van der Waals surface area (Å²) in [6.07, 6.45) is 12.8. The second-order valence-electron chi connectivity index (χ2n) is 8.37. The van der Waals surface area contributed by atoms with Crippen LogP contribution in [0.25, 0.3) is 0 Å². The Morgan fingerprint density at radius 3 is 2.43 bits per heavy atom. The Labute approximate surface area is 132 Å². The SMILES string of the molecule is CCNC1CCCCCCC1OC1CC(C)CC(C)(C)C1. The minimum Gasteiger partial charge on any atom is -0.373 e. The molecule has 2 aliphatic carbocycles. The van der Waals surface area contributed by atoms with Gasteiger partial charge in [-0.25, -0.2) is 0 Å². The molecule has 2 fully saturated rings. The monoisotopic (exact) mass is 295 g/mol. The first-order chi connectivity index (χ1) is 10.00. The minimum atomic E-state index is 0.441. The first-order valence-corrected chi connectivity index (χ1v) is 9.39. The van der Waals surface area contributed by atoms with Crippen LogP contribution in [0.1, 0.15) is 85.5 Å². The van der Waals surface area contributed by atoms with Crippen molar-refractivity contribution in [3.05, 3.63) is 0 Å². The van der Waals surface area contributed by atoms with Crippen molar-refractivity contribution in [2.75, 3.05) is 6.54 Å². The van der Waals surface area contributed by atoms with Gasteiger partial charge in [0.05, 0.1) is 12.2 Å². The molecule has 2 heteroatoms. The van der Waals surface area contributed by atoms with Crippen molar-refractivity contribution in [2.45, 2.75) is 104 Å². The zero-order valence-corrected chi connectivity index (χ0v) is 14.8. The van der Waals surface area contributed by atoms with Gasteiger partial charge in [-0.3, -0.25) is 0 Å². The predicted molar refractivity (Wildman–Crippen MR) is 90.6 cm³/mol. The van der Waals surface area contributed by atoms with Gasteiger partial charge in [0.2, 0.25) is 0 Å². The van der Waals surface area contributed by atoms with Gasteiger partial charge in [0.1, 0.15) is 0 Å². The molecule has 2 rings (SSSR count). The van der Waals surface area contributed by atoms with E-state index in [-0.39, 0.29) is 0 Å². The molecule has 0 aromatic heterocycles. The number of hydrogen-bond donors (Lipinski definition) is 1. The molecule has 0 amide bonds. The maximum Gasteiger partial charge on any atom is 0.0731 e. The molecule has 4 atom stereocenters. The van der Waals surface area contributed by atoms with E-state index in [1.165, 1.54) is 57.8 Å². The van der Waals surface area contributed by atoms with Gasteiger partial charge in [-0.15, -0.1) is 0 Å². The fourth-order valence-electron chi connectivity index (χ4n) is 4.72. The molecule has 2 nitrogen and oxygen atoms in total. The quantitative estimate of drug-likeness (QED) is 0.795. The minimum absolute atomic E-state index is 0.441. The number of likely N-dealkylation sites (N-methyl/N-ethyl adjacent to an activating group) is 1. The highest BCUT2D eigenvalue weighted by molar-refractivity contribution is 4.86. The summed E-state index contributed by atoms with van der Waals surface area (Å²) in [4.78, 5) is 0. The number of rotatable bonds is 4. The molecule has 21 heavy (non-hydrogen) atoms. The van der Waals surface area contributed by atoms with Crippen molar-refractivity contribution >= 4 is 0 Å². The molecule has 0 heterocycles. The van der Waals surface area contributed by atoms with Gasteiger partial charge in [-0.2, -0.15) is 0 Å². The molecule has 2 saturated carbocycles. The molecule has 124 valence electrons. The van der Waals surface area contributed by atoms with E-state index < -0.39 is 0 Å². The van der Waals surface area contributed by atoms with Gasteiger partial charge in [0, 0.05) is 6.04 Å². The van der Waals surface area contributed by atoms with Gasteiger partial charge in [0.15, 0.2) is 0 Å². The van der Waals surface area contributed by atoms with Crippen molar-refractivity contribution in [3.63, 3.8) is 0 Å². The van der Waals surface area contributed by atoms with Crippen LogP contribution in [0.2, 0.25) is 0 Å². The summed E-state index contributed by atoms with van der Waals surface area (Å²) in [6.45, 7) is 10.5. The lowest BCUT2D eigenvalue weighted by molar-refractivity contribution is -0.0833. The summed E-state index contributed by atoms with van der Waals surface area (Å²) >= 11 is 0. The highest BCUT2D eigenvalue weighted by Gasteiger charge is 2.35. The van der Waals surface area contributed by atoms with Crippen LogP contribution in [0.5, 0.6) is 0 Å². The van der Waals surface area contributed by atoms with Crippen LogP contribution < -0.4 is 5.32 Å². The van der Waals surface area contributed by atoms with Crippen LogP contribution in [0.3, 0.4) is 0 Å². The second-order valence-corrected chi connectivity index (χ2v) is 8.37. The Hall–Kier alpha value is -0.0800. The van der Waals surface area contributed by atoms with Crippen LogP contribution in [-0.2, 0) is 4.74 Å². The molecule has 0 aromatic rings. The number of hydrogen-bond acceptors (Lipinski definition) is 2. The van der Waals surface area contributed by atoms with Crippen LogP contribution in [0, 0.1) is 11.3 Å². The first-order valence-electron chi connectivity index (χ1n) is 9.39. The summed E-state index contributed by atoms with van der Waals surface area (Å²) in [5.41, 5.74) is 0.456. The molecule has 4 unspecified atom stereocenters. The van der Waals surface area contributed by atoms with Crippen molar-refractivity contribution < 1.29 is 4.74 Å². The maximum atomic E-state index is 6.68. The Morgan fingerprint density at radius 1 is 1.05 bits per heavy atom. The van der Waals surface area contributed by atoms with Gasteiger partial charge < -0.3 is 10.1 Å². The van der Waals surface area contributed by atoms with Crippen LogP contribution >= 0.6 is 0 Å². The largest absolute Gasteiger partial charge is 0.373 e. The van der Waals surface area contributed by atoms with E-state index in [0.717, 1.165) is 12.5 Å². The van der Waals surface area contributed by atoms with Gasteiger partial charge in [0.25, 0.3) is 0 Å². The third-order valence-corrected chi connectivity index (χ3v) is 5.38. The Balaban J connectivity index is 1.95. The number of nitrogens with one attached hydrogen (secondary N) is 1. The zero-order valence-electron chi connectivity index (χ0n) is 14.8. The molecule has 0 spiro atoms. The summed E-state index contributed by atoms with van der Waals surface area (Å²) in [5.74, 6) is 0.810. The molecule has 0 saturated heterocycles. The molecular formula is C19H37NO. The first kappa shape index (κ1) is 17.3. The highest BCUT2D eigenvalue weighted by atomic mass is 16.5. The lowest BCUT2D eigenvalue weighted by Gasteiger charge is -2.41. The fourth-order valence-corrected chi connectivity index (χ4v) is 4.72. The third-order valence-electron chi connectivity index (χ3n) is 5.38. The number of ether oxygens (including phenoxy) is 1. The van der Waals surface area contributed by atoms with E-state index in [0.29, 0.717) is 23.7 Å². The van der Waals surface area contributed by atoms with E-state index in [4.69, 9.17) is 4.74 Å². The summed E-state index contributed by atoms with van der Waals surface area (Å²) in [7, 11) is 0. The van der Waals surface area contributed by atoms with Crippen LogP contribution in [0.15, 0.2) is 0 Å². The molecule has 1 N–H and O–H groups in total. The Morgan fingerprint density at radius 2 is 1.76 bits per heavy atom. The van der Waals surface area contributed by atoms with Gasteiger partial charge in [-0.05, 0) is 50.0 Å². The lowest BCUT2D eigenvalue weighted by atomic mass is 9.71. The predicted octanol–water partition coefficient (Wildman–Crippen LogP) is 4.92. The van der Waals surface area contributed by atoms with Crippen molar-refractivity contribution in [3.8, 4) is 0 Å².